The van der Waals surface area contributed by atoms with Crippen LogP contribution in [0.1, 0.15) is 23.2 Å². The van der Waals surface area contributed by atoms with Gasteiger partial charge in [-0.15, -0.1) is 0 Å². The minimum atomic E-state index is -0.696. The molecule has 1 aliphatic heterocycles. The number of rotatable bonds is 3. The Labute approximate surface area is 115 Å². The largest absolute Gasteiger partial charge is 0.343 e. The molecule has 1 aromatic carbocycles. The summed E-state index contributed by atoms with van der Waals surface area (Å²) >= 11 is 5.77. The molecule has 1 N–H and O–H groups in total. The molecular formula is C13H14ClFN2O2. The van der Waals surface area contributed by atoms with Gasteiger partial charge in [-0.05, 0) is 25.0 Å². The molecule has 0 bridgehead atoms. The number of amides is 2. The lowest BCUT2D eigenvalue weighted by atomic mass is 10.2. The molecule has 102 valence electrons. The smallest absolute Gasteiger partial charge is 0.256 e. The Kier molecular flexibility index (Phi) is 4.37. The highest BCUT2D eigenvalue weighted by molar-refractivity contribution is 6.33. The SMILES string of the molecule is O=C(NCC(=O)N1CCCC1)c1c(F)cccc1Cl. The van der Waals surface area contributed by atoms with E-state index >= 15 is 0 Å². The van der Waals surface area contributed by atoms with Crippen molar-refractivity contribution in [3.8, 4) is 0 Å². The van der Waals surface area contributed by atoms with Gasteiger partial charge in [0.05, 0.1) is 17.1 Å². The summed E-state index contributed by atoms with van der Waals surface area (Å²) in [6.07, 6.45) is 1.97. The third-order valence-corrected chi connectivity index (χ3v) is 3.36. The fourth-order valence-electron chi connectivity index (χ4n) is 2.04. The van der Waals surface area contributed by atoms with E-state index in [1.165, 1.54) is 12.1 Å². The fraction of sp³-hybridized carbons (Fsp3) is 0.385. The molecule has 19 heavy (non-hydrogen) atoms. The van der Waals surface area contributed by atoms with Gasteiger partial charge in [0.25, 0.3) is 5.91 Å². The molecule has 0 unspecified atom stereocenters. The quantitative estimate of drug-likeness (QED) is 0.921. The molecule has 1 saturated heterocycles. The van der Waals surface area contributed by atoms with E-state index in [4.69, 9.17) is 11.6 Å². The van der Waals surface area contributed by atoms with Crippen LogP contribution >= 0.6 is 11.6 Å². The van der Waals surface area contributed by atoms with E-state index in [0.29, 0.717) is 0 Å². The predicted molar refractivity (Wildman–Crippen MR) is 69.6 cm³/mol. The molecular weight excluding hydrogens is 271 g/mol. The summed E-state index contributed by atoms with van der Waals surface area (Å²) in [7, 11) is 0. The van der Waals surface area contributed by atoms with Gasteiger partial charge in [0.2, 0.25) is 5.91 Å². The van der Waals surface area contributed by atoms with Crippen LogP contribution in [0.2, 0.25) is 5.02 Å². The van der Waals surface area contributed by atoms with Gasteiger partial charge in [-0.3, -0.25) is 9.59 Å². The van der Waals surface area contributed by atoms with Gasteiger partial charge in [0.15, 0.2) is 0 Å². The van der Waals surface area contributed by atoms with Crippen molar-refractivity contribution >= 4 is 23.4 Å². The molecule has 1 aromatic rings. The number of nitrogens with one attached hydrogen (secondary N) is 1. The average molecular weight is 285 g/mol. The van der Waals surface area contributed by atoms with E-state index in [1.54, 1.807) is 4.90 Å². The third-order valence-electron chi connectivity index (χ3n) is 3.05. The first-order chi connectivity index (χ1) is 9.09. The first-order valence-electron chi connectivity index (χ1n) is 6.09. The molecule has 0 radical (unpaired) electrons. The minimum Gasteiger partial charge on any atom is -0.343 e. The van der Waals surface area contributed by atoms with Crippen molar-refractivity contribution < 1.29 is 14.0 Å². The molecule has 1 fully saturated rings. The van der Waals surface area contributed by atoms with Crippen molar-refractivity contribution in [2.45, 2.75) is 12.8 Å². The van der Waals surface area contributed by atoms with E-state index < -0.39 is 11.7 Å². The first kappa shape index (κ1) is 13.8. The summed E-state index contributed by atoms with van der Waals surface area (Å²) in [5.74, 6) is -1.52. The number of benzene rings is 1. The zero-order valence-electron chi connectivity index (χ0n) is 10.3. The molecule has 0 spiro atoms. The van der Waals surface area contributed by atoms with Crippen LogP contribution in [0.15, 0.2) is 18.2 Å². The minimum absolute atomic E-state index is 0.0334. The van der Waals surface area contributed by atoms with E-state index in [0.717, 1.165) is 32.0 Å². The maximum Gasteiger partial charge on any atom is 0.256 e. The van der Waals surface area contributed by atoms with Gasteiger partial charge >= 0.3 is 0 Å². The number of halogens is 2. The monoisotopic (exact) mass is 284 g/mol. The second-order valence-corrected chi connectivity index (χ2v) is 4.77. The number of likely N-dealkylation sites (tertiary alicyclic amines) is 1. The molecule has 0 saturated carbocycles. The average Bonchev–Trinajstić information content (AvgIpc) is 2.89. The highest BCUT2D eigenvalue weighted by Crippen LogP contribution is 2.18. The van der Waals surface area contributed by atoms with E-state index in [2.05, 4.69) is 5.32 Å². The maximum absolute atomic E-state index is 13.5. The first-order valence-corrected chi connectivity index (χ1v) is 6.47. The Hall–Kier alpha value is -1.62. The number of nitrogens with zero attached hydrogens (tertiary/aromatic N) is 1. The lowest BCUT2D eigenvalue weighted by Gasteiger charge is -2.15. The molecule has 2 amide bonds. The zero-order chi connectivity index (χ0) is 13.8. The molecule has 2 rings (SSSR count). The second-order valence-electron chi connectivity index (χ2n) is 4.37. The van der Waals surface area contributed by atoms with Crippen LogP contribution in [0.5, 0.6) is 0 Å². The zero-order valence-corrected chi connectivity index (χ0v) is 11.0. The van der Waals surface area contributed by atoms with Gasteiger partial charge in [-0.2, -0.15) is 0 Å². The topological polar surface area (TPSA) is 49.4 Å². The fourth-order valence-corrected chi connectivity index (χ4v) is 2.29. The highest BCUT2D eigenvalue weighted by Gasteiger charge is 2.20. The predicted octanol–water partition coefficient (Wildman–Crippen LogP) is 1.83. The van der Waals surface area contributed by atoms with Crippen molar-refractivity contribution in [1.29, 1.82) is 0 Å². The summed E-state index contributed by atoms with van der Waals surface area (Å²) in [5.41, 5.74) is -0.224. The number of carbonyl (C=O) groups is 2. The normalized spacial score (nSPS) is 14.5. The lowest BCUT2D eigenvalue weighted by Crippen LogP contribution is -2.38. The van der Waals surface area contributed by atoms with Crippen molar-refractivity contribution in [2.24, 2.45) is 0 Å². The standard InChI is InChI=1S/C13H14ClFN2O2/c14-9-4-3-5-10(15)12(9)13(19)16-8-11(18)17-6-1-2-7-17/h3-5H,1-2,6-8H2,(H,16,19). The van der Waals surface area contributed by atoms with Crippen LogP contribution in [-0.4, -0.2) is 36.3 Å². The van der Waals surface area contributed by atoms with Crippen LogP contribution < -0.4 is 5.32 Å². The summed E-state index contributed by atoms with van der Waals surface area (Å²) < 4.78 is 13.5. The van der Waals surface area contributed by atoms with Gasteiger partial charge in [0.1, 0.15) is 5.82 Å². The molecule has 0 aliphatic carbocycles. The summed E-state index contributed by atoms with van der Waals surface area (Å²) in [6, 6.07) is 4.01. The Morgan fingerprint density at radius 2 is 2.00 bits per heavy atom. The summed E-state index contributed by atoms with van der Waals surface area (Å²) in [5, 5.41) is 2.44. The third kappa shape index (κ3) is 3.23. The van der Waals surface area contributed by atoms with E-state index in [-0.39, 0.29) is 23.0 Å². The second kappa shape index (κ2) is 6.02. The van der Waals surface area contributed by atoms with Gasteiger partial charge in [0, 0.05) is 13.1 Å². The van der Waals surface area contributed by atoms with E-state index in [1.807, 2.05) is 0 Å². The van der Waals surface area contributed by atoms with Crippen molar-refractivity contribution in [3.63, 3.8) is 0 Å². The number of hydrogen-bond donors (Lipinski definition) is 1. The van der Waals surface area contributed by atoms with Gasteiger partial charge in [-0.1, -0.05) is 17.7 Å². The lowest BCUT2D eigenvalue weighted by molar-refractivity contribution is -0.129. The summed E-state index contributed by atoms with van der Waals surface area (Å²) in [4.78, 5) is 25.2. The molecule has 0 aromatic heterocycles. The molecule has 6 heteroatoms. The Balaban J connectivity index is 1.96. The maximum atomic E-state index is 13.5. The van der Waals surface area contributed by atoms with Crippen LogP contribution in [0.4, 0.5) is 4.39 Å². The summed E-state index contributed by atoms with van der Waals surface area (Å²) in [6.45, 7) is 1.30. The highest BCUT2D eigenvalue weighted by atomic mass is 35.5. The van der Waals surface area contributed by atoms with Crippen LogP contribution in [0, 0.1) is 5.82 Å². The molecule has 1 aliphatic rings. The Morgan fingerprint density at radius 1 is 1.32 bits per heavy atom. The van der Waals surface area contributed by atoms with Crippen molar-refractivity contribution in [1.82, 2.24) is 10.2 Å². The number of hydrogen-bond acceptors (Lipinski definition) is 2. The van der Waals surface area contributed by atoms with Gasteiger partial charge < -0.3 is 10.2 Å². The van der Waals surface area contributed by atoms with Crippen molar-refractivity contribution in [2.75, 3.05) is 19.6 Å². The number of carbonyl (C=O) groups excluding carboxylic acids is 2. The van der Waals surface area contributed by atoms with E-state index in [9.17, 15) is 14.0 Å². The van der Waals surface area contributed by atoms with Crippen LogP contribution in [0.25, 0.3) is 0 Å². The Bertz CT molecular complexity index is 481. The van der Waals surface area contributed by atoms with Crippen LogP contribution in [-0.2, 0) is 4.79 Å². The Morgan fingerprint density at radius 3 is 2.63 bits per heavy atom. The molecule has 0 atom stereocenters. The molecule has 1 heterocycles. The van der Waals surface area contributed by atoms with Crippen molar-refractivity contribution in [3.05, 3.63) is 34.6 Å². The van der Waals surface area contributed by atoms with Gasteiger partial charge in [-0.25, -0.2) is 4.39 Å². The van der Waals surface area contributed by atoms with Crippen LogP contribution in [0.3, 0.4) is 0 Å². The molecule has 4 nitrogen and oxygen atoms in total.